The van der Waals surface area contributed by atoms with Crippen LogP contribution in [-0.4, -0.2) is 6.04 Å². The lowest BCUT2D eigenvalue weighted by Gasteiger charge is -2.20. The molecule has 1 nitrogen and oxygen atoms in total. The number of thiophene rings is 1. The molecule has 0 unspecified atom stereocenters. The fourth-order valence-corrected chi connectivity index (χ4v) is 2.82. The van der Waals surface area contributed by atoms with Gasteiger partial charge in [-0.3, -0.25) is 0 Å². The molecule has 2 aromatic rings. The van der Waals surface area contributed by atoms with Gasteiger partial charge in [-0.2, -0.15) is 11.3 Å². The maximum atomic E-state index is 6.08. The van der Waals surface area contributed by atoms with E-state index in [1.165, 1.54) is 11.1 Å². The number of benzene rings is 1. The second-order valence-corrected chi connectivity index (χ2v) is 5.57. The molecule has 17 heavy (non-hydrogen) atoms. The minimum absolute atomic E-state index is 0.153. The Kier molecular flexibility index (Phi) is 4.21. The zero-order chi connectivity index (χ0) is 12.3. The predicted octanol–water partition coefficient (Wildman–Crippen LogP) is 4.08. The van der Waals surface area contributed by atoms with Crippen molar-refractivity contribution in [1.29, 1.82) is 0 Å². The lowest BCUT2D eigenvalue weighted by molar-refractivity contribution is 0.566. The summed E-state index contributed by atoms with van der Waals surface area (Å²) in [7, 11) is 0. The summed E-state index contributed by atoms with van der Waals surface area (Å²) in [5.41, 5.74) is 8.70. The van der Waals surface area contributed by atoms with Crippen molar-refractivity contribution >= 4 is 22.9 Å². The zero-order valence-corrected chi connectivity index (χ0v) is 11.3. The van der Waals surface area contributed by atoms with E-state index in [0.717, 1.165) is 11.4 Å². The van der Waals surface area contributed by atoms with E-state index in [4.69, 9.17) is 17.3 Å². The van der Waals surface area contributed by atoms with Crippen LogP contribution in [0.25, 0.3) is 0 Å². The molecule has 0 saturated carbocycles. The highest BCUT2D eigenvalue weighted by Crippen LogP contribution is 2.26. The smallest absolute Gasteiger partial charge is 0.0406 e. The van der Waals surface area contributed by atoms with Crippen LogP contribution in [0.4, 0.5) is 0 Å². The van der Waals surface area contributed by atoms with Crippen LogP contribution in [0.1, 0.15) is 24.0 Å². The molecule has 2 rings (SSSR count). The third kappa shape index (κ3) is 3.32. The molecule has 0 amide bonds. The molecule has 0 aliphatic rings. The van der Waals surface area contributed by atoms with Gasteiger partial charge in [0.25, 0.3) is 0 Å². The molecular weight excluding hydrogens is 250 g/mol. The van der Waals surface area contributed by atoms with Crippen LogP contribution < -0.4 is 5.73 Å². The SMILES string of the molecule is C[C@@H](N)[C@H](Cc1ccc(Cl)cc1)c1ccsc1. The monoisotopic (exact) mass is 265 g/mol. The van der Waals surface area contributed by atoms with Crippen LogP contribution in [0.3, 0.4) is 0 Å². The Labute approximate surface area is 111 Å². The summed E-state index contributed by atoms with van der Waals surface area (Å²) in [4.78, 5) is 0. The summed E-state index contributed by atoms with van der Waals surface area (Å²) in [6, 6.07) is 10.3. The van der Waals surface area contributed by atoms with Crippen molar-refractivity contribution in [2.45, 2.75) is 25.3 Å². The third-order valence-corrected chi connectivity index (χ3v) is 3.93. The van der Waals surface area contributed by atoms with Crippen LogP contribution in [0, 0.1) is 0 Å². The molecule has 0 spiro atoms. The van der Waals surface area contributed by atoms with E-state index >= 15 is 0 Å². The number of hydrogen-bond donors (Lipinski definition) is 1. The zero-order valence-electron chi connectivity index (χ0n) is 9.77. The first-order chi connectivity index (χ1) is 8.16. The topological polar surface area (TPSA) is 26.0 Å². The second-order valence-electron chi connectivity index (χ2n) is 4.35. The molecule has 1 aromatic heterocycles. The van der Waals surface area contributed by atoms with Gasteiger partial charge < -0.3 is 5.73 Å². The third-order valence-electron chi connectivity index (χ3n) is 2.97. The lowest BCUT2D eigenvalue weighted by atomic mass is 9.89. The number of hydrogen-bond acceptors (Lipinski definition) is 2. The molecule has 0 aliphatic heterocycles. The summed E-state index contributed by atoms with van der Waals surface area (Å²) < 4.78 is 0. The second kappa shape index (κ2) is 5.67. The molecule has 3 heteroatoms. The van der Waals surface area contributed by atoms with E-state index in [9.17, 15) is 0 Å². The quantitative estimate of drug-likeness (QED) is 0.886. The molecule has 0 bridgehead atoms. The van der Waals surface area contributed by atoms with Crippen molar-refractivity contribution in [2.24, 2.45) is 5.73 Å². The molecule has 0 aliphatic carbocycles. The van der Waals surface area contributed by atoms with Crippen molar-refractivity contribution in [3.05, 3.63) is 57.2 Å². The van der Waals surface area contributed by atoms with Gasteiger partial charge in [-0.15, -0.1) is 0 Å². The molecule has 0 saturated heterocycles. The minimum atomic E-state index is 0.153. The Morgan fingerprint density at radius 1 is 1.24 bits per heavy atom. The lowest BCUT2D eigenvalue weighted by Crippen LogP contribution is -2.26. The number of halogens is 1. The van der Waals surface area contributed by atoms with Crippen molar-refractivity contribution in [3.8, 4) is 0 Å². The summed E-state index contributed by atoms with van der Waals surface area (Å²) in [5, 5.41) is 5.07. The molecule has 1 aromatic carbocycles. The molecule has 0 radical (unpaired) electrons. The summed E-state index contributed by atoms with van der Waals surface area (Å²) in [6.07, 6.45) is 0.964. The fraction of sp³-hybridized carbons (Fsp3) is 0.286. The highest BCUT2D eigenvalue weighted by atomic mass is 35.5. The minimum Gasteiger partial charge on any atom is -0.327 e. The largest absolute Gasteiger partial charge is 0.327 e. The Bertz CT molecular complexity index is 448. The van der Waals surface area contributed by atoms with Gasteiger partial charge >= 0.3 is 0 Å². The Hall–Kier alpha value is -0.830. The summed E-state index contributed by atoms with van der Waals surface area (Å²) >= 11 is 7.61. The normalized spacial score (nSPS) is 14.5. The maximum Gasteiger partial charge on any atom is 0.0406 e. The van der Waals surface area contributed by atoms with Crippen molar-refractivity contribution in [2.75, 3.05) is 0 Å². The van der Waals surface area contributed by atoms with Crippen molar-refractivity contribution in [1.82, 2.24) is 0 Å². The van der Waals surface area contributed by atoms with Gasteiger partial charge in [0, 0.05) is 17.0 Å². The summed E-state index contributed by atoms with van der Waals surface area (Å²) in [6.45, 7) is 2.07. The molecule has 2 N–H and O–H groups in total. The van der Waals surface area contributed by atoms with E-state index in [-0.39, 0.29) is 6.04 Å². The van der Waals surface area contributed by atoms with Gasteiger partial charge in [0.1, 0.15) is 0 Å². The van der Waals surface area contributed by atoms with E-state index in [1.54, 1.807) is 11.3 Å². The molecule has 90 valence electrons. The summed E-state index contributed by atoms with van der Waals surface area (Å²) in [5.74, 6) is 0.377. The molecular formula is C14H16ClNS. The first-order valence-corrected chi connectivity index (χ1v) is 7.01. The van der Waals surface area contributed by atoms with Gasteiger partial charge in [-0.25, -0.2) is 0 Å². The van der Waals surface area contributed by atoms with Crippen molar-refractivity contribution < 1.29 is 0 Å². The average molecular weight is 266 g/mol. The van der Waals surface area contributed by atoms with Gasteiger partial charge in [0.15, 0.2) is 0 Å². The Morgan fingerprint density at radius 3 is 2.47 bits per heavy atom. The highest BCUT2D eigenvalue weighted by Gasteiger charge is 2.17. The standard InChI is InChI=1S/C14H16ClNS/c1-10(16)14(12-6-7-17-9-12)8-11-2-4-13(15)5-3-11/h2-7,9-10,14H,8,16H2,1H3/t10-,14+/m1/s1. The van der Waals surface area contributed by atoms with Crippen LogP contribution in [-0.2, 0) is 6.42 Å². The fourth-order valence-electron chi connectivity index (χ4n) is 1.97. The Morgan fingerprint density at radius 2 is 1.94 bits per heavy atom. The van der Waals surface area contributed by atoms with Gasteiger partial charge in [-0.05, 0) is 53.4 Å². The predicted molar refractivity (Wildman–Crippen MR) is 75.9 cm³/mol. The van der Waals surface area contributed by atoms with E-state index in [0.29, 0.717) is 5.92 Å². The van der Waals surface area contributed by atoms with Crippen molar-refractivity contribution in [3.63, 3.8) is 0 Å². The van der Waals surface area contributed by atoms with Crippen LogP contribution in [0.15, 0.2) is 41.1 Å². The number of nitrogens with two attached hydrogens (primary N) is 1. The molecule has 2 atom stereocenters. The molecule has 1 heterocycles. The van der Waals surface area contributed by atoms with Crippen LogP contribution >= 0.6 is 22.9 Å². The average Bonchev–Trinajstić information content (AvgIpc) is 2.81. The Balaban J connectivity index is 2.16. The highest BCUT2D eigenvalue weighted by molar-refractivity contribution is 7.07. The van der Waals surface area contributed by atoms with E-state index < -0.39 is 0 Å². The van der Waals surface area contributed by atoms with E-state index in [2.05, 4.69) is 35.9 Å². The van der Waals surface area contributed by atoms with Gasteiger partial charge in [0.2, 0.25) is 0 Å². The maximum absolute atomic E-state index is 6.08. The first-order valence-electron chi connectivity index (χ1n) is 5.69. The number of rotatable bonds is 4. The van der Waals surface area contributed by atoms with Crippen LogP contribution in [0.5, 0.6) is 0 Å². The van der Waals surface area contributed by atoms with Gasteiger partial charge in [0.05, 0.1) is 0 Å². The van der Waals surface area contributed by atoms with Gasteiger partial charge in [-0.1, -0.05) is 23.7 Å². The first kappa shape index (κ1) is 12.6. The molecule has 0 fully saturated rings. The van der Waals surface area contributed by atoms with Crippen LogP contribution in [0.2, 0.25) is 5.02 Å². The van der Waals surface area contributed by atoms with E-state index in [1.807, 2.05) is 12.1 Å².